The number of fused-ring (bicyclic) bond motifs is 1. The molecule has 0 atom stereocenters. The standard InChI is InChI=1S/C23H16Cl2N2O/c24-18-12-11-17(19(25)14-18)15-27-21-9-5-4-8-20(21)26-23(27)22(28)13-10-16-6-2-1-3-7-16/h1-14H,15H2/b13-10+. The molecule has 0 radical (unpaired) electrons. The van der Waals surface area contributed by atoms with E-state index < -0.39 is 0 Å². The molecule has 0 aliphatic carbocycles. The van der Waals surface area contributed by atoms with Crippen LogP contribution in [0.2, 0.25) is 10.0 Å². The highest BCUT2D eigenvalue weighted by Gasteiger charge is 2.16. The molecule has 0 unspecified atom stereocenters. The molecule has 0 aliphatic rings. The zero-order chi connectivity index (χ0) is 19.5. The molecular formula is C23H16Cl2N2O. The quantitative estimate of drug-likeness (QED) is 0.288. The molecule has 28 heavy (non-hydrogen) atoms. The number of benzene rings is 3. The fraction of sp³-hybridized carbons (Fsp3) is 0.0435. The molecular weight excluding hydrogens is 391 g/mol. The van der Waals surface area contributed by atoms with Crippen LogP contribution in [0.3, 0.4) is 0 Å². The number of ketones is 1. The van der Waals surface area contributed by atoms with Gasteiger partial charge in [-0.15, -0.1) is 0 Å². The van der Waals surface area contributed by atoms with Crippen molar-refractivity contribution in [2.45, 2.75) is 6.54 Å². The van der Waals surface area contributed by atoms with E-state index in [2.05, 4.69) is 4.98 Å². The van der Waals surface area contributed by atoms with Crippen LogP contribution in [-0.2, 0) is 6.54 Å². The number of allylic oxidation sites excluding steroid dienone is 1. The van der Waals surface area contributed by atoms with Gasteiger partial charge in [0, 0.05) is 10.0 Å². The van der Waals surface area contributed by atoms with E-state index in [0.29, 0.717) is 22.4 Å². The molecule has 0 spiro atoms. The van der Waals surface area contributed by atoms with Crippen LogP contribution in [-0.4, -0.2) is 15.3 Å². The molecule has 1 heterocycles. The van der Waals surface area contributed by atoms with Crippen molar-refractivity contribution in [3.63, 3.8) is 0 Å². The Morgan fingerprint density at radius 2 is 1.71 bits per heavy atom. The first-order valence-electron chi connectivity index (χ1n) is 8.78. The van der Waals surface area contributed by atoms with Crippen LogP contribution in [0.25, 0.3) is 17.1 Å². The lowest BCUT2D eigenvalue weighted by atomic mass is 10.2. The Morgan fingerprint density at radius 1 is 0.964 bits per heavy atom. The molecule has 0 saturated heterocycles. The Bertz CT molecular complexity index is 1180. The third kappa shape index (κ3) is 3.86. The highest BCUT2D eigenvalue weighted by atomic mass is 35.5. The van der Waals surface area contributed by atoms with Crippen LogP contribution >= 0.6 is 23.2 Å². The summed E-state index contributed by atoms with van der Waals surface area (Å²) in [5.74, 6) is 0.213. The molecule has 0 N–H and O–H groups in total. The normalized spacial score (nSPS) is 11.4. The van der Waals surface area contributed by atoms with Gasteiger partial charge in [-0.3, -0.25) is 4.79 Å². The molecule has 3 aromatic carbocycles. The third-order valence-electron chi connectivity index (χ3n) is 4.45. The number of carbonyl (C=O) groups excluding carboxylic acids is 1. The average Bonchev–Trinajstić information content (AvgIpc) is 3.08. The van der Waals surface area contributed by atoms with Gasteiger partial charge >= 0.3 is 0 Å². The Labute approximate surface area is 172 Å². The summed E-state index contributed by atoms with van der Waals surface area (Å²) >= 11 is 12.4. The molecule has 138 valence electrons. The van der Waals surface area contributed by atoms with Gasteiger partial charge in [-0.25, -0.2) is 4.98 Å². The SMILES string of the molecule is O=C(/C=C/c1ccccc1)c1nc2ccccc2n1Cc1ccc(Cl)cc1Cl. The Morgan fingerprint density at radius 3 is 2.50 bits per heavy atom. The summed E-state index contributed by atoms with van der Waals surface area (Å²) in [5, 5.41) is 1.13. The van der Waals surface area contributed by atoms with Gasteiger partial charge < -0.3 is 4.57 Å². The van der Waals surface area contributed by atoms with Crippen molar-refractivity contribution in [1.29, 1.82) is 0 Å². The topological polar surface area (TPSA) is 34.9 Å². The molecule has 0 amide bonds. The Balaban J connectivity index is 1.74. The monoisotopic (exact) mass is 406 g/mol. The zero-order valence-electron chi connectivity index (χ0n) is 14.8. The number of hydrogen-bond acceptors (Lipinski definition) is 2. The minimum absolute atomic E-state index is 0.162. The molecule has 0 aliphatic heterocycles. The summed E-state index contributed by atoms with van der Waals surface area (Å²) < 4.78 is 1.89. The van der Waals surface area contributed by atoms with E-state index in [1.165, 1.54) is 0 Å². The lowest BCUT2D eigenvalue weighted by Gasteiger charge is -2.10. The maximum atomic E-state index is 12.9. The van der Waals surface area contributed by atoms with Gasteiger partial charge in [0.05, 0.1) is 17.6 Å². The Kier molecular flexibility index (Phi) is 5.29. The van der Waals surface area contributed by atoms with Crippen molar-refractivity contribution in [3.8, 4) is 0 Å². The van der Waals surface area contributed by atoms with Gasteiger partial charge in [0.15, 0.2) is 5.82 Å². The van der Waals surface area contributed by atoms with E-state index in [0.717, 1.165) is 22.2 Å². The second kappa shape index (κ2) is 8.01. The third-order valence-corrected chi connectivity index (χ3v) is 5.03. The summed E-state index contributed by atoms with van der Waals surface area (Å²) in [5.41, 5.74) is 3.48. The first-order chi connectivity index (χ1) is 13.6. The van der Waals surface area contributed by atoms with E-state index in [1.807, 2.05) is 65.2 Å². The summed E-state index contributed by atoms with van der Waals surface area (Å²) in [6, 6.07) is 22.7. The van der Waals surface area contributed by atoms with Gasteiger partial charge in [0.25, 0.3) is 0 Å². The van der Waals surface area contributed by atoms with Crippen LogP contribution in [0.4, 0.5) is 0 Å². The summed E-state index contributed by atoms with van der Waals surface area (Å²) in [4.78, 5) is 17.5. The number of nitrogens with zero attached hydrogens (tertiary/aromatic N) is 2. The van der Waals surface area contributed by atoms with Gasteiger partial charge in [-0.05, 0) is 41.5 Å². The second-order valence-electron chi connectivity index (χ2n) is 6.35. The van der Waals surface area contributed by atoms with E-state index in [9.17, 15) is 4.79 Å². The molecule has 4 aromatic rings. The second-order valence-corrected chi connectivity index (χ2v) is 7.20. The van der Waals surface area contributed by atoms with Crippen molar-refractivity contribution in [2.24, 2.45) is 0 Å². The Hall–Kier alpha value is -2.88. The number of rotatable bonds is 5. The largest absolute Gasteiger partial charge is 0.317 e. The van der Waals surface area contributed by atoms with E-state index >= 15 is 0 Å². The molecule has 3 nitrogen and oxygen atoms in total. The number of aromatic nitrogens is 2. The fourth-order valence-corrected chi connectivity index (χ4v) is 3.52. The van der Waals surface area contributed by atoms with Crippen LogP contribution in [0, 0.1) is 0 Å². The first-order valence-corrected chi connectivity index (χ1v) is 9.54. The maximum absolute atomic E-state index is 12.9. The average molecular weight is 407 g/mol. The zero-order valence-corrected chi connectivity index (χ0v) is 16.4. The molecule has 0 saturated carbocycles. The highest BCUT2D eigenvalue weighted by Crippen LogP contribution is 2.25. The number of para-hydroxylation sites is 2. The minimum atomic E-state index is -0.162. The molecule has 1 aromatic heterocycles. The first kappa shape index (κ1) is 18.5. The molecule has 5 heteroatoms. The van der Waals surface area contributed by atoms with E-state index in [1.54, 1.807) is 24.3 Å². The molecule has 0 bridgehead atoms. The van der Waals surface area contributed by atoms with Gasteiger partial charge in [-0.1, -0.05) is 77.8 Å². The maximum Gasteiger partial charge on any atom is 0.221 e. The van der Waals surface area contributed by atoms with E-state index in [4.69, 9.17) is 23.2 Å². The van der Waals surface area contributed by atoms with Crippen LogP contribution in [0.15, 0.2) is 78.9 Å². The lowest BCUT2D eigenvalue weighted by molar-refractivity contribution is 0.103. The smallest absolute Gasteiger partial charge is 0.221 e. The van der Waals surface area contributed by atoms with Crippen molar-refractivity contribution in [3.05, 3.63) is 106 Å². The number of imidazole rings is 1. The van der Waals surface area contributed by atoms with Gasteiger partial charge in [0.1, 0.15) is 0 Å². The number of hydrogen-bond donors (Lipinski definition) is 0. The number of carbonyl (C=O) groups is 1. The van der Waals surface area contributed by atoms with Crippen LogP contribution in [0.5, 0.6) is 0 Å². The van der Waals surface area contributed by atoms with Crippen molar-refractivity contribution >= 4 is 46.1 Å². The highest BCUT2D eigenvalue weighted by molar-refractivity contribution is 6.35. The van der Waals surface area contributed by atoms with Crippen molar-refractivity contribution in [2.75, 3.05) is 0 Å². The fourth-order valence-electron chi connectivity index (χ4n) is 3.05. The summed E-state index contributed by atoms with van der Waals surface area (Å²) in [7, 11) is 0. The van der Waals surface area contributed by atoms with Crippen molar-refractivity contribution < 1.29 is 4.79 Å². The van der Waals surface area contributed by atoms with Crippen LogP contribution in [0.1, 0.15) is 21.7 Å². The van der Waals surface area contributed by atoms with Gasteiger partial charge in [0.2, 0.25) is 5.78 Å². The lowest BCUT2D eigenvalue weighted by Crippen LogP contribution is -2.10. The van der Waals surface area contributed by atoms with Crippen molar-refractivity contribution in [1.82, 2.24) is 9.55 Å². The van der Waals surface area contributed by atoms with Gasteiger partial charge in [-0.2, -0.15) is 0 Å². The molecule has 0 fully saturated rings. The molecule has 4 rings (SSSR count). The number of halogens is 2. The predicted molar refractivity (Wildman–Crippen MR) is 115 cm³/mol. The summed E-state index contributed by atoms with van der Waals surface area (Å²) in [6.07, 6.45) is 3.35. The summed E-state index contributed by atoms with van der Waals surface area (Å²) in [6.45, 7) is 0.427. The van der Waals surface area contributed by atoms with Crippen LogP contribution < -0.4 is 0 Å². The predicted octanol–water partition coefficient (Wildman–Crippen LogP) is 6.29. The van der Waals surface area contributed by atoms with E-state index in [-0.39, 0.29) is 5.78 Å². The minimum Gasteiger partial charge on any atom is -0.317 e.